The number of carbonyl (C=O) groups excluding carboxylic acids is 1. The molecule has 346 valence electrons. The van der Waals surface area contributed by atoms with E-state index in [2.05, 4.69) is 30.2 Å². The second-order valence-electron chi connectivity index (χ2n) is 15.7. The van der Waals surface area contributed by atoms with Crippen molar-refractivity contribution in [2.75, 3.05) is 37.7 Å². The van der Waals surface area contributed by atoms with Crippen LogP contribution in [0.2, 0.25) is 5.02 Å². The van der Waals surface area contributed by atoms with Gasteiger partial charge in [0.05, 0.1) is 45.8 Å². The van der Waals surface area contributed by atoms with Crippen LogP contribution in [0.5, 0.6) is 5.88 Å². The summed E-state index contributed by atoms with van der Waals surface area (Å²) in [5, 5.41) is 10.2. The van der Waals surface area contributed by atoms with E-state index in [0.717, 1.165) is 27.9 Å². The molecule has 4 heterocycles. The molecule has 1 amide bonds. The molecule has 4 aromatic heterocycles. The lowest BCUT2D eigenvalue weighted by atomic mass is 10.0. The topological polar surface area (TPSA) is 171 Å². The number of nitrogens with zero attached hydrogens (tertiary/aromatic N) is 8. The number of sulfonamides is 1. The number of aromatic nitrogens is 7. The second-order valence-corrected chi connectivity index (χ2v) is 17.9. The van der Waals surface area contributed by atoms with Crippen LogP contribution in [0.4, 0.5) is 45.3 Å². The number of anilines is 1. The Labute approximate surface area is 366 Å². The molecule has 2 aromatic carbocycles. The van der Waals surface area contributed by atoms with Crippen LogP contribution in [0.1, 0.15) is 53.1 Å². The maximum Gasteiger partial charge on any atom is 0.401 e. The van der Waals surface area contributed by atoms with Gasteiger partial charge in [-0.05, 0) is 55.3 Å². The average molecular weight is 961 g/mol. The van der Waals surface area contributed by atoms with E-state index in [1.54, 1.807) is 0 Å². The first-order valence-electron chi connectivity index (χ1n) is 19.4. The lowest BCUT2D eigenvalue weighted by Crippen LogP contribution is -2.38. The van der Waals surface area contributed by atoms with Crippen molar-refractivity contribution in [2.24, 2.45) is 13.0 Å². The molecule has 26 heteroatoms. The zero-order valence-electron chi connectivity index (χ0n) is 33.9. The summed E-state index contributed by atoms with van der Waals surface area (Å²) in [4.78, 5) is 38.8. The van der Waals surface area contributed by atoms with E-state index < -0.39 is 106 Å². The lowest BCUT2D eigenvalue weighted by Gasteiger charge is -2.24. The first-order valence-corrected chi connectivity index (χ1v) is 21.6. The fourth-order valence-electron chi connectivity index (χ4n) is 8.21. The number of carbonyl (C=O) groups is 1. The summed E-state index contributed by atoms with van der Waals surface area (Å²) in [6.07, 6.45) is -7.53. The van der Waals surface area contributed by atoms with E-state index in [1.165, 1.54) is 43.0 Å². The van der Waals surface area contributed by atoms with Gasteiger partial charge in [0, 0.05) is 43.6 Å². The molecule has 0 spiro atoms. The van der Waals surface area contributed by atoms with Crippen LogP contribution in [0.15, 0.2) is 47.3 Å². The maximum atomic E-state index is 15.5. The van der Waals surface area contributed by atoms with Gasteiger partial charge in [-0.3, -0.25) is 33.1 Å². The van der Waals surface area contributed by atoms with E-state index in [-0.39, 0.29) is 75.0 Å². The Balaban J connectivity index is 1.29. The SMILES string of the molecule is CN(CCOc1ccc2c(=O)n(-c3ccc(Cl)c4c(NS(C)(=O)=O)nn(C)c34)c([C@H](Cc3cc(F)cc(F)c3)NC(=O)Cn3nc(C(F)F)c4c3C(F)(F)[C@@H]3C[C@H]43)nc2n1)CC(F)(F)F. The number of aryl methyl sites for hydroxylation is 1. The van der Waals surface area contributed by atoms with Gasteiger partial charge in [0.1, 0.15) is 42.0 Å². The summed E-state index contributed by atoms with van der Waals surface area (Å²) in [7, 11) is -1.38. The van der Waals surface area contributed by atoms with Gasteiger partial charge in [0.25, 0.3) is 17.9 Å². The molecule has 8 rings (SSSR count). The van der Waals surface area contributed by atoms with Crippen molar-refractivity contribution in [1.82, 2.24) is 44.3 Å². The minimum Gasteiger partial charge on any atom is -0.476 e. The van der Waals surface area contributed by atoms with Gasteiger partial charge in [-0.1, -0.05) is 11.6 Å². The number of rotatable bonds is 15. The number of ether oxygens (including phenoxy) is 1. The number of hydrogen-bond donors (Lipinski definition) is 2. The normalized spacial score (nSPS) is 17.2. The highest BCUT2D eigenvalue weighted by molar-refractivity contribution is 7.92. The van der Waals surface area contributed by atoms with E-state index in [4.69, 9.17) is 16.3 Å². The standard InChI is InChI=1S/C39H34ClF9N10O5S/c1-56(16-38(45,46)47)8-9-64-27-7-4-20-34(51-27)52-36(59(37(20)61)25-6-5-23(40)29-31(25)57(2)54-35(29)55-65(3,62)63)24(12-17-10-18(41)13-19(42)11-17)50-26(60)15-58-32-28(30(53-58)33(43)44)21-14-22(21)39(32,48)49/h4-7,10-11,13,21-22,24,33H,8-9,12,14-16H2,1-3H3,(H,50,60)(H,54,55)/t21-,22+,24-/m0/s1. The van der Waals surface area contributed by atoms with Crippen molar-refractivity contribution in [2.45, 2.75) is 49.9 Å². The van der Waals surface area contributed by atoms with Gasteiger partial charge in [-0.2, -0.15) is 37.1 Å². The van der Waals surface area contributed by atoms with Crippen molar-refractivity contribution in [1.29, 1.82) is 0 Å². The molecule has 15 nitrogen and oxygen atoms in total. The molecule has 3 atom stereocenters. The number of amides is 1. The smallest absolute Gasteiger partial charge is 0.401 e. The predicted molar refractivity (Wildman–Crippen MR) is 215 cm³/mol. The van der Waals surface area contributed by atoms with Crippen molar-refractivity contribution >= 4 is 55.3 Å². The summed E-state index contributed by atoms with van der Waals surface area (Å²) < 4.78 is 163. The molecule has 0 radical (unpaired) electrons. The third kappa shape index (κ3) is 9.04. The van der Waals surface area contributed by atoms with Crippen LogP contribution >= 0.6 is 11.6 Å². The molecular weight excluding hydrogens is 927 g/mol. The summed E-state index contributed by atoms with van der Waals surface area (Å²) in [5.74, 6) is -9.90. The first kappa shape index (κ1) is 45.6. The zero-order valence-corrected chi connectivity index (χ0v) is 35.5. The monoisotopic (exact) mass is 960 g/mol. The zero-order chi connectivity index (χ0) is 47.1. The van der Waals surface area contributed by atoms with Gasteiger partial charge in [-0.15, -0.1) is 0 Å². The predicted octanol–water partition coefficient (Wildman–Crippen LogP) is 6.29. The van der Waals surface area contributed by atoms with Gasteiger partial charge in [0.2, 0.25) is 21.8 Å². The van der Waals surface area contributed by atoms with Crippen molar-refractivity contribution < 1.29 is 57.5 Å². The Bertz CT molecular complexity index is 3050. The molecule has 1 fully saturated rings. The van der Waals surface area contributed by atoms with Crippen molar-refractivity contribution in [3.8, 4) is 11.6 Å². The highest BCUT2D eigenvalue weighted by Crippen LogP contribution is 2.68. The number of nitrogens with one attached hydrogen (secondary N) is 2. The summed E-state index contributed by atoms with van der Waals surface area (Å²) >= 11 is 6.58. The highest BCUT2D eigenvalue weighted by Gasteiger charge is 2.67. The third-order valence-electron chi connectivity index (χ3n) is 10.8. The Morgan fingerprint density at radius 1 is 1.08 bits per heavy atom. The van der Waals surface area contributed by atoms with E-state index >= 15 is 8.78 Å². The Morgan fingerprint density at radius 3 is 2.45 bits per heavy atom. The minimum absolute atomic E-state index is 0.0124. The van der Waals surface area contributed by atoms with Crippen LogP contribution < -0.4 is 20.3 Å². The van der Waals surface area contributed by atoms with Gasteiger partial charge < -0.3 is 10.1 Å². The molecule has 0 saturated heterocycles. The fraction of sp³-hybridized carbons (Fsp3) is 0.385. The van der Waals surface area contributed by atoms with Gasteiger partial charge >= 0.3 is 6.18 Å². The highest BCUT2D eigenvalue weighted by atomic mass is 35.5. The molecule has 2 N–H and O–H groups in total. The van der Waals surface area contributed by atoms with Crippen LogP contribution in [-0.2, 0) is 40.8 Å². The van der Waals surface area contributed by atoms with Crippen LogP contribution in [-0.4, -0.2) is 92.5 Å². The van der Waals surface area contributed by atoms with Gasteiger partial charge in [-0.25, -0.2) is 31.0 Å². The lowest BCUT2D eigenvalue weighted by molar-refractivity contribution is -0.143. The molecule has 1 saturated carbocycles. The Morgan fingerprint density at radius 2 is 1.78 bits per heavy atom. The number of alkyl halides is 7. The van der Waals surface area contributed by atoms with Gasteiger partial charge in [0.15, 0.2) is 11.5 Å². The number of likely N-dealkylation sites (N-methyl/N-ethyl adjacent to an activating group) is 1. The molecule has 2 aliphatic rings. The van der Waals surface area contributed by atoms with Crippen molar-refractivity contribution in [3.05, 3.63) is 97.8 Å². The number of benzene rings is 2. The Kier molecular flexibility index (Phi) is 11.6. The largest absolute Gasteiger partial charge is 0.476 e. The number of halogens is 10. The number of pyridine rings is 1. The van der Waals surface area contributed by atoms with Crippen molar-refractivity contribution in [3.63, 3.8) is 0 Å². The number of hydrogen-bond acceptors (Lipinski definition) is 10. The first-order chi connectivity index (χ1) is 30.4. The fourth-order valence-corrected chi connectivity index (χ4v) is 8.95. The number of fused-ring (bicyclic) bond motifs is 5. The quantitative estimate of drug-likeness (QED) is 0.112. The van der Waals surface area contributed by atoms with E-state index in [9.17, 15) is 48.7 Å². The summed E-state index contributed by atoms with van der Waals surface area (Å²) in [6.45, 7) is -2.83. The molecule has 6 aromatic rings. The molecule has 2 aliphatic carbocycles. The molecule has 0 aliphatic heterocycles. The summed E-state index contributed by atoms with van der Waals surface area (Å²) in [5.41, 5.74) is -3.61. The van der Waals surface area contributed by atoms with E-state index in [0.29, 0.717) is 10.7 Å². The molecule has 0 unspecified atom stereocenters. The van der Waals surface area contributed by atoms with E-state index in [1.807, 2.05) is 0 Å². The molecule has 0 bridgehead atoms. The Hall–Kier alpha value is -5.95. The molecule has 65 heavy (non-hydrogen) atoms. The van der Waals surface area contributed by atoms with Crippen LogP contribution in [0.3, 0.4) is 0 Å². The minimum atomic E-state index is -4.49. The summed E-state index contributed by atoms with van der Waals surface area (Å²) in [6, 6.07) is 5.79. The van der Waals surface area contributed by atoms with Crippen LogP contribution in [0.25, 0.3) is 27.6 Å². The third-order valence-corrected chi connectivity index (χ3v) is 11.7. The second kappa shape index (κ2) is 16.5. The molecular formula is C39H34ClF9N10O5S. The average Bonchev–Trinajstić information content (AvgIpc) is 3.72. The maximum absolute atomic E-state index is 15.5. The van der Waals surface area contributed by atoms with Crippen LogP contribution in [0, 0.1) is 17.6 Å².